The zero-order valence-electron chi connectivity index (χ0n) is 16.0. The van der Waals surface area contributed by atoms with Gasteiger partial charge in [0.25, 0.3) is 0 Å². The van der Waals surface area contributed by atoms with Gasteiger partial charge in [-0.2, -0.15) is 10.2 Å². The highest BCUT2D eigenvalue weighted by Gasteiger charge is 2.18. The molecule has 4 N–H and O–H groups in total. The van der Waals surface area contributed by atoms with E-state index in [-0.39, 0.29) is 28.8 Å². The molecule has 0 atom stereocenters. The average Bonchev–Trinajstić information content (AvgIpc) is 2.69. The van der Waals surface area contributed by atoms with Crippen LogP contribution < -0.4 is 20.9 Å². The molecule has 0 fully saturated rings. The van der Waals surface area contributed by atoms with Crippen molar-refractivity contribution in [3.63, 3.8) is 0 Å². The van der Waals surface area contributed by atoms with Crippen LogP contribution >= 0.6 is 0 Å². The second-order valence-corrected chi connectivity index (χ2v) is 6.15. The van der Waals surface area contributed by atoms with Crippen LogP contribution in [0, 0.1) is 18.3 Å². The van der Waals surface area contributed by atoms with Gasteiger partial charge in [0.05, 0.1) is 17.9 Å². The molecule has 0 aliphatic carbocycles. The quantitative estimate of drug-likeness (QED) is 0.501. The molecule has 0 aliphatic rings. The Morgan fingerprint density at radius 2 is 1.83 bits per heavy atom. The summed E-state index contributed by atoms with van der Waals surface area (Å²) >= 11 is 0. The van der Waals surface area contributed by atoms with E-state index in [1.807, 2.05) is 25.1 Å². The molecule has 8 nitrogen and oxygen atoms in total. The van der Waals surface area contributed by atoms with Crippen molar-refractivity contribution < 1.29 is 14.3 Å². The van der Waals surface area contributed by atoms with Gasteiger partial charge in [0.2, 0.25) is 5.95 Å². The molecule has 3 rings (SSSR count). The maximum Gasteiger partial charge on any atom is 0.343 e. The molecule has 1 aromatic heterocycles. The molecular weight excluding hydrogens is 370 g/mol. The summed E-state index contributed by atoms with van der Waals surface area (Å²) < 4.78 is 11.1. The normalized spacial score (nSPS) is 10.2. The van der Waals surface area contributed by atoms with Gasteiger partial charge in [0, 0.05) is 5.56 Å². The number of nitrogen functional groups attached to an aromatic ring is 2. The molecule has 2 aromatic carbocycles. The lowest BCUT2D eigenvalue weighted by atomic mass is 10.1. The summed E-state index contributed by atoms with van der Waals surface area (Å²) in [6, 6.07) is 13.9. The second kappa shape index (κ2) is 8.27. The molecule has 0 saturated carbocycles. The first-order valence-corrected chi connectivity index (χ1v) is 8.82. The van der Waals surface area contributed by atoms with Crippen LogP contribution in [0.4, 0.5) is 11.8 Å². The van der Waals surface area contributed by atoms with Crippen molar-refractivity contribution in [2.24, 2.45) is 0 Å². The minimum atomic E-state index is -0.507. The number of nitriles is 1. The number of esters is 1. The summed E-state index contributed by atoms with van der Waals surface area (Å²) in [5.74, 6) is -0.00102. The first kappa shape index (κ1) is 19.6. The highest BCUT2D eigenvalue weighted by atomic mass is 16.6. The predicted molar refractivity (Wildman–Crippen MR) is 108 cm³/mol. The molecule has 0 unspecified atom stereocenters. The number of aromatic nitrogens is 2. The molecule has 0 bridgehead atoms. The number of anilines is 2. The fourth-order valence-corrected chi connectivity index (χ4v) is 2.67. The number of aryl methyl sites for hydroxylation is 1. The van der Waals surface area contributed by atoms with Crippen LogP contribution in [-0.2, 0) is 0 Å². The van der Waals surface area contributed by atoms with Crippen molar-refractivity contribution >= 4 is 17.7 Å². The van der Waals surface area contributed by atoms with Gasteiger partial charge in [-0.05, 0) is 44.2 Å². The van der Waals surface area contributed by atoms with Gasteiger partial charge < -0.3 is 20.9 Å². The summed E-state index contributed by atoms with van der Waals surface area (Å²) in [4.78, 5) is 20.4. The van der Waals surface area contributed by atoms with Crippen LogP contribution in [0.25, 0.3) is 11.3 Å². The summed E-state index contributed by atoms with van der Waals surface area (Å²) in [6.07, 6.45) is 0. The van der Waals surface area contributed by atoms with Gasteiger partial charge in [-0.15, -0.1) is 0 Å². The lowest BCUT2D eigenvalue weighted by Crippen LogP contribution is -2.10. The molecule has 8 heteroatoms. The van der Waals surface area contributed by atoms with E-state index in [2.05, 4.69) is 9.97 Å². The minimum absolute atomic E-state index is 0.0113. The largest absolute Gasteiger partial charge is 0.490 e. The van der Waals surface area contributed by atoms with Crippen molar-refractivity contribution in [1.82, 2.24) is 9.97 Å². The summed E-state index contributed by atoms with van der Waals surface area (Å²) in [7, 11) is 0. The third kappa shape index (κ3) is 4.25. The van der Waals surface area contributed by atoms with Gasteiger partial charge in [-0.25, -0.2) is 9.78 Å². The molecule has 0 amide bonds. The van der Waals surface area contributed by atoms with Crippen molar-refractivity contribution in [2.75, 3.05) is 18.1 Å². The molecule has 29 heavy (non-hydrogen) atoms. The standard InChI is InChI=1S/C21H19N5O3/c1-3-28-17-10-14(18-15(11-22)19(23)26-21(24)25-18)8-9-16(17)29-20(27)13-6-4-12(2)5-7-13/h4-10H,3H2,1-2H3,(H4,23,24,25,26). The maximum absolute atomic E-state index is 12.5. The molecule has 1 heterocycles. The van der Waals surface area contributed by atoms with Gasteiger partial charge >= 0.3 is 5.97 Å². The lowest BCUT2D eigenvalue weighted by Gasteiger charge is -2.13. The molecule has 3 aromatic rings. The number of benzene rings is 2. The lowest BCUT2D eigenvalue weighted by molar-refractivity contribution is 0.0728. The molecule has 146 valence electrons. The third-order valence-corrected chi connectivity index (χ3v) is 4.07. The summed E-state index contributed by atoms with van der Waals surface area (Å²) in [5.41, 5.74) is 13.8. The average molecular weight is 389 g/mol. The number of rotatable bonds is 5. The summed E-state index contributed by atoms with van der Waals surface area (Å²) in [6.45, 7) is 4.08. The second-order valence-electron chi connectivity index (χ2n) is 6.15. The van der Waals surface area contributed by atoms with Crippen LogP contribution in [0.3, 0.4) is 0 Å². The number of nitrogens with two attached hydrogens (primary N) is 2. The predicted octanol–water partition coefficient (Wildman–Crippen LogP) is 3.11. The smallest absolute Gasteiger partial charge is 0.343 e. The Kier molecular flexibility index (Phi) is 5.60. The fraction of sp³-hybridized carbons (Fsp3) is 0.143. The van der Waals surface area contributed by atoms with E-state index in [1.54, 1.807) is 37.3 Å². The maximum atomic E-state index is 12.5. The topological polar surface area (TPSA) is 137 Å². The number of hydrogen-bond donors (Lipinski definition) is 2. The van der Waals surface area contributed by atoms with E-state index < -0.39 is 5.97 Å². The van der Waals surface area contributed by atoms with Crippen LogP contribution in [0.2, 0.25) is 0 Å². The number of hydrogen-bond acceptors (Lipinski definition) is 8. The third-order valence-electron chi connectivity index (χ3n) is 4.07. The Morgan fingerprint density at radius 1 is 1.10 bits per heavy atom. The molecular formula is C21H19N5O3. The highest BCUT2D eigenvalue weighted by Crippen LogP contribution is 2.35. The first-order valence-electron chi connectivity index (χ1n) is 8.82. The Bertz CT molecular complexity index is 1100. The van der Waals surface area contributed by atoms with Crippen molar-refractivity contribution in [3.8, 4) is 28.8 Å². The zero-order chi connectivity index (χ0) is 21.0. The van der Waals surface area contributed by atoms with E-state index in [0.717, 1.165) is 5.56 Å². The number of ether oxygens (including phenoxy) is 2. The highest BCUT2D eigenvalue weighted by molar-refractivity contribution is 5.91. The van der Waals surface area contributed by atoms with Gasteiger partial charge in [0.1, 0.15) is 17.5 Å². The Hall–Kier alpha value is -4.12. The number of carbonyl (C=O) groups excluding carboxylic acids is 1. The van der Waals surface area contributed by atoms with Crippen molar-refractivity contribution in [2.45, 2.75) is 13.8 Å². The Labute approximate surface area is 167 Å². The van der Waals surface area contributed by atoms with Crippen LogP contribution in [0.5, 0.6) is 11.5 Å². The van der Waals surface area contributed by atoms with Gasteiger partial charge in [-0.1, -0.05) is 17.7 Å². The molecule has 0 aliphatic heterocycles. The molecule has 0 spiro atoms. The number of carbonyl (C=O) groups is 1. The van der Waals surface area contributed by atoms with Crippen molar-refractivity contribution in [1.29, 1.82) is 5.26 Å². The Balaban J connectivity index is 1.99. The SMILES string of the molecule is CCOc1cc(-c2nc(N)nc(N)c2C#N)ccc1OC(=O)c1ccc(C)cc1. The van der Waals surface area contributed by atoms with E-state index in [0.29, 0.717) is 23.5 Å². The van der Waals surface area contributed by atoms with E-state index in [9.17, 15) is 10.1 Å². The van der Waals surface area contributed by atoms with Crippen LogP contribution in [-0.4, -0.2) is 22.5 Å². The van der Waals surface area contributed by atoms with E-state index in [1.165, 1.54) is 0 Å². The van der Waals surface area contributed by atoms with Crippen LogP contribution in [0.15, 0.2) is 42.5 Å². The van der Waals surface area contributed by atoms with Gasteiger partial charge in [-0.3, -0.25) is 0 Å². The zero-order valence-corrected chi connectivity index (χ0v) is 16.0. The van der Waals surface area contributed by atoms with Gasteiger partial charge in [0.15, 0.2) is 11.5 Å². The van der Waals surface area contributed by atoms with Crippen LogP contribution in [0.1, 0.15) is 28.4 Å². The van der Waals surface area contributed by atoms with E-state index >= 15 is 0 Å². The Morgan fingerprint density at radius 3 is 2.48 bits per heavy atom. The minimum Gasteiger partial charge on any atom is -0.490 e. The monoisotopic (exact) mass is 389 g/mol. The first-order chi connectivity index (χ1) is 13.9. The number of nitrogens with zero attached hydrogens (tertiary/aromatic N) is 3. The van der Waals surface area contributed by atoms with E-state index in [4.69, 9.17) is 20.9 Å². The molecule has 0 radical (unpaired) electrons. The summed E-state index contributed by atoms with van der Waals surface area (Å²) in [5, 5.41) is 9.39. The molecule has 0 saturated heterocycles. The van der Waals surface area contributed by atoms with Crippen molar-refractivity contribution in [3.05, 3.63) is 59.2 Å². The fourth-order valence-electron chi connectivity index (χ4n) is 2.67.